The summed E-state index contributed by atoms with van der Waals surface area (Å²) < 4.78 is 0. The van der Waals surface area contributed by atoms with Gasteiger partial charge < -0.3 is 5.11 Å². The van der Waals surface area contributed by atoms with Gasteiger partial charge in [-0.1, -0.05) is 82.3 Å². The Labute approximate surface area is 259 Å². The van der Waals surface area contributed by atoms with Crippen LogP contribution in [-0.2, 0) is 24.9 Å². The SMILES string of the molecule is CCC(CC)C(=O)/C=C(\O)C(CC)CC.Cc1ccc2[c-]c(-c3ncnc4c(C)cccc34)cc(C(C)C)c2n1.[Ir]. The Morgan fingerprint density at radius 3 is 2.20 bits per heavy atom. The van der Waals surface area contributed by atoms with Crippen molar-refractivity contribution < 1.29 is 30.0 Å². The predicted molar refractivity (Wildman–Crippen MR) is 167 cm³/mol. The van der Waals surface area contributed by atoms with Crippen LogP contribution in [0.15, 0.2) is 54.6 Å². The van der Waals surface area contributed by atoms with Crippen LogP contribution in [0.2, 0.25) is 0 Å². The topological polar surface area (TPSA) is 76.0 Å². The van der Waals surface area contributed by atoms with E-state index >= 15 is 0 Å². The molecule has 1 N–H and O–H groups in total. The Morgan fingerprint density at radius 1 is 0.927 bits per heavy atom. The molecule has 0 aliphatic heterocycles. The van der Waals surface area contributed by atoms with Gasteiger partial charge >= 0.3 is 0 Å². The maximum atomic E-state index is 11.7. The zero-order chi connectivity index (χ0) is 29.4. The summed E-state index contributed by atoms with van der Waals surface area (Å²) in [6.45, 7) is 16.6. The summed E-state index contributed by atoms with van der Waals surface area (Å²) >= 11 is 0. The fourth-order valence-corrected chi connectivity index (χ4v) is 5.08. The molecule has 0 atom stereocenters. The Hall–Kier alpha value is -2.95. The van der Waals surface area contributed by atoms with Gasteiger partial charge in [-0.15, -0.1) is 18.2 Å². The number of hydrogen-bond acceptors (Lipinski definition) is 5. The van der Waals surface area contributed by atoms with Crippen molar-refractivity contribution >= 4 is 27.6 Å². The molecule has 2 aromatic heterocycles. The number of pyridine rings is 1. The van der Waals surface area contributed by atoms with Gasteiger partial charge in [0.25, 0.3) is 0 Å². The fourth-order valence-electron chi connectivity index (χ4n) is 5.08. The van der Waals surface area contributed by atoms with Crippen molar-refractivity contribution in [2.45, 2.75) is 87.0 Å². The number of para-hydroxylation sites is 1. The maximum Gasteiger partial charge on any atom is 0.162 e. The Bertz CT molecular complexity index is 1490. The quantitative estimate of drug-likeness (QED) is 0.106. The number of allylic oxidation sites excluding steroid dienone is 2. The van der Waals surface area contributed by atoms with E-state index in [0.717, 1.165) is 70.0 Å². The average molecular weight is 731 g/mol. The van der Waals surface area contributed by atoms with Crippen LogP contribution >= 0.6 is 0 Å². The van der Waals surface area contributed by atoms with Crippen molar-refractivity contribution in [1.29, 1.82) is 0 Å². The number of aromatic nitrogens is 3. The molecule has 0 saturated heterocycles. The Kier molecular flexibility index (Phi) is 13.3. The summed E-state index contributed by atoms with van der Waals surface area (Å²) in [6.07, 6.45) is 6.55. The number of aryl methyl sites for hydroxylation is 2. The number of rotatable bonds is 9. The minimum Gasteiger partial charge on any atom is -0.512 e. The molecule has 6 heteroatoms. The third-order valence-corrected chi connectivity index (χ3v) is 7.70. The molecule has 0 saturated carbocycles. The first-order valence-corrected chi connectivity index (χ1v) is 14.6. The van der Waals surface area contributed by atoms with Gasteiger partial charge in [-0.25, -0.2) is 4.98 Å². The number of aliphatic hydroxyl groups excluding tert-OH is 1. The molecule has 221 valence electrons. The van der Waals surface area contributed by atoms with Gasteiger partial charge in [0.1, 0.15) is 6.33 Å². The summed E-state index contributed by atoms with van der Waals surface area (Å²) in [7, 11) is 0. The van der Waals surface area contributed by atoms with Gasteiger partial charge in [-0.05, 0) is 56.4 Å². The molecule has 0 fully saturated rings. The van der Waals surface area contributed by atoms with Crippen molar-refractivity contribution in [2.24, 2.45) is 11.8 Å². The van der Waals surface area contributed by atoms with E-state index in [0.29, 0.717) is 5.92 Å². The van der Waals surface area contributed by atoms with Crippen LogP contribution in [0.5, 0.6) is 0 Å². The van der Waals surface area contributed by atoms with Crippen LogP contribution in [0.4, 0.5) is 0 Å². The van der Waals surface area contributed by atoms with Crippen molar-refractivity contribution in [3.05, 3.63) is 77.4 Å². The molecule has 41 heavy (non-hydrogen) atoms. The molecule has 2 heterocycles. The van der Waals surface area contributed by atoms with Gasteiger partial charge in [0, 0.05) is 54.9 Å². The number of carbonyl (C=O) groups is 1. The molecule has 0 unspecified atom stereocenters. The predicted octanol–water partition coefficient (Wildman–Crippen LogP) is 9.25. The van der Waals surface area contributed by atoms with E-state index in [1.807, 2.05) is 40.7 Å². The van der Waals surface area contributed by atoms with E-state index < -0.39 is 0 Å². The van der Waals surface area contributed by atoms with Crippen LogP contribution in [-0.4, -0.2) is 25.8 Å². The molecule has 4 aromatic rings. The van der Waals surface area contributed by atoms with Gasteiger partial charge in [0.2, 0.25) is 0 Å². The Morgan fingerprint density at radius 2 is 1.59 bits per heavy atom. The van der Waals surface area contributed by atoms with Crippen LogP contribution in [0.25, 0.3) is 33.1 Å². The third-order valence-electron chi connectivity index (χ3n) is 7.70. The number of benzene rings is 2. The van der Waals surface area contributed by atoms with E-state index in [1.54, 1.807) is 6.33 Å². The van der Waals surface area contributed by atoms with E-state index in [2.05, 4.69) is 67.1 Å². The summed E-state index contributed by atoms with van der Waals surface area (Å²) in [4.78, 5) is 25.5. The zero-order valence-corrected chi connectivity index (χ0v) is 28.1. The van der Waals surface area contributed by atoms with Crippen molar-refractivity contribution in [3.63, 3.8) is 0 Å². The van der Waals surface area contributed by atoms with Gasteiger partial charge in [-0.2, -0.15) is 0 Å². The molecule has 0 aliphatic rings. The van der Waals surface area contributed by atoms with E-state index in [9.17, 15) is 9.90 Å². The van der Waals surface area contributed by atoms with Crippen LogP contribution in [0.1, 0.15) is 90.0 Å². The fraction of sp³-hybridized carbons (Fsp3) is 0.429. The third kappa shape index (κ3) is 8.30. The largest absolute Gasteiger partial charge is 0.512 e. The molecular formula is C35H44IrN3O2-. The van der Waals surface area contributed by atoms with Gasteiger partial charge in [-0.3, -0.25) is 14.8 Å². The molecule has 0 amide bonds. The number of hydrogen-bond donors (Lipinski definition) is 1. The molecule has 2 aromatic carbocycles. The second kappa shape index (κ2) is 15.9. The van der Waals surface area contributed by atoms with Crippen molar-refractivity contribution in [2.75, 3.05) is 0 Å². The number of fused-ring (bicyclic) bond motifs is 2. The van der Waals surface area contributed by atoms with Crippen molar-refractivity contribution in [3.8, 4) is 11.3 Å². The zero-order valence-electron chi connectivity index (χ0n) is 25.7. The van der Waals surface area contributed by atoms with E-state index in [-0.39, 0.29) is 43.5 Å². The average Bonchev–Trinajstić information content (AvgIpc) is 2.94. The summed E-state index contributed by atoms with van der Waals surface area (Å²) in [5, 5.41) is 11.9. The normalized spacial score (nSPS) is 11.6. The summed E-state index contributed by atoms with van der Waals surface area (Å²) in [5.41, 5.74) is 7.37. The minimum atomic E-state index is 0. The molecule has 1 radical (unpaired) electrons. The Balaban J connectivity index is 0.000000320. The number of aliphatic hydroxyl groups is 1. The second-order valence-electron chi connectivity index (χ2n) is 10.8. The monoisotopic (exact) mass is 731 g/mol. The standard InChI is InChI=1S/C22H20N3.C13H24O2.Ir/c1-13(2)19-11-17(10-16-9-8-15(4)25-22(16)19)21-18-7-5-6-14(3)20(18)23-12-24-21;1-5-10(6-2)12(14)9-13(15)11(7-3)8-4;/h5-9,11-13H,1-4H3;9-11,14H,5-8H2,1-4H3;/q-1;;/b;12-9-;. The summed E-state index contributed by atoms with van der Waals surface area (Å²) in [6, 6.07) is 16.1. The van der Waals surface area contributed by atoms with Crippen LogP contribution < -0.4 is 0 Å². The number of nitrogens with zero attached hydrogens (tertiary/aromatic N) is 3. The molecular weight excluding hydrogens is 687 g/mol. The van der Waals surface area contributed by atoms with E-state index in [1.165, 1.54) is 11.6 Å². The van der Waals surface area contributed by atoms with Gasteiger partial charge in [0.15, 0.2) is 5.78 Å². The minimum absolute atomic E-state index is 0. The molecule has 0 bridgehead atoms. The molecule has 5 nitrogen and oxygen atoms in total. The first-order valence-electron chi connectivity index (χ1n) is 14.6. The van der Waals surface area contributed by atoms with Crippen molar-refractivity contribution in [1.82, 2.24) is 15.0 Å². The summed E-state index contributed by atoms with van der Waals surface area (Å²) in [5.74, 6) is 0.922. The molecule has 4 rings (SSSR count). The first kappa shape index (κ1) is 34.3. The maximum absolute atomic E-state index is 11.7. The van der Waals surface area contributed by atoms with Crippen LogP contribution in [0.3, 0.4) is 0 Å². The molecule has 0 spiro atoms. The number of carbonyl (C=O) groups excluding carboxylic acids is 1. The van der Waals surface area contributed by atoms with Crippen LogP contribution in [0, 0.1) is 31.7 Å². The van der Waals surface area contributed by atoms with Gasteiger partial charge in [0.05, 0.1) is 11.3 Å². The smallest absolute Gasteiger partial charge is 0.162 e. The van der Waals surface area contributed by atoms with E-state index in [4.69, 9.17) is 4.98 Å². The second-order valence-corrected chi connectivity index (χ2v) is 10.8. The first-order chi connectivity index (χ1) is 19.1. The molecule has 0 aliphatic carbocycles. The number of ketones is 1.